The first-order chi connectivity index (χ1) is 18.6. The Balaban J connectivity index is 1.68. The summed E-state index contributed by atoms with van der Waals surface area (Å²) >= 11 is 6.06. The maximum absolute atomic E-state index is 14.0. The molecule has 2 aromatic carbocycles. The molecular weight excluding hydrogens is 538 g/mol. The van der Waals surface area contributed by atoms with Crippen molar-refractivity contribution in [1.82, 2.24) is 15.5 Å². The van der Waals surface area contributed by atoms with Gasteiger partial charge in [0, 0.05) is 23.7 Å². The van der Waals surface area contributed by atoms with Crippen molar-refractivity contribution in [3.63, 3.8) is 0 Å². The summed E-state index contributed by atoms with van der Waals surface area (Å²) in [5.41, 5.74) is 0.318. The number of carbonyl (C=O) groups excluding carboxylic acids is 2. The maximum Gasteiger partial charge on any atom is 0.245 e. The molecule has 3 atom stereocenters. The van der Waals surface area contributed by atoms with E-state index in [2.05, 4.69) is 23.8 Å². The monoisotopic (exact) mass is 571 g/mol. The predicted octanol–water partition coefficient (Wildman–Crippen LogP) is 3.83. The summed E-state index contributed by atoms with van der Waals surface area (Å²) in [7, 11) is -3.96. The Morgan fingerprint density at radius 1 is 1.15 bits per heavy atom. The molecule has 2 aliphatic rings. The third kappa shape index (κ3) is 6.54. The van der Waals surface area contributed by atoms with E-state index in [1.165, 1.54) is 17.0 Å². The van der Waals surface area contributed by atoms with Gasteiger partial charge in [0.2, 0.25) is 11.8 Å². The zero-order valence-electron chi connectivity index (χ0n) is 21.9. The Kier molecular flexibility index (Phi) is 8.83. The number of sulfone groups is 1. The second-order valence-corrected chi connectivity index (χ2v) is 12.8. The van der Waals surface area contributed by atoms with Crippen molar-refractivity contribution < 1.29 is 22.7 Å². The van der Waals surface area contributed by atoms with E-state index >= 15 is 0 Å². The van der Waals surface area contributed by atoms with Gasteiger partial charge in [-0.05, 0) is 56.0 Å². The van der Waals surface area contributed by atoms with Gasteiger partial charge in [-0.1, -0.05) is 54.6 Å². The fraction of sp³-hybridized carbons (Fsp3) is 0.379. The molecule has 0 aromatic heterocycles. The molecule has 8 nitrogen and oxygen atoms in total. The number of hydrogen-bond acceptors (Lipinski definition) is 6. The Hall–Kier alpha value is -3.14. The molecule has 2 aromatic rings. The van der Waals surface area contributed by atoms with Crippen LogP contribution in [0.15, 0.2) is 78.7 Å². The van der Waals surface area contributed by atoms with E-state index in [9.17, 15) is 18.0 Å². The fourth-order valence-corrected chi connectivity index (χ4v) is 6.66. The molecule has 0 radical (unpaired) electrons. The van der Waals surface area contributed by atoms with Crippen LogP contribution in [-0.4, -0.2) is 61.7 Å². The lowest BCUT2D eigenvalue weighted by Gasteiger charge is -2.29. The summed E-state index contributed by atoms with van der Waals surface area (Å²) in [6.45, 7) is 9.63. The van der Waals surface area contributed by atoms with Crippen LogP contribution in [0.25, 0.3) is 0 Å². The number of amides is 2. The lowest BCUT2D eigenvalue weighted by Crippen LogP contribution is -2.51. The minimum atomic E-state index is -3.96. The standard InChI is InChI=1S/C29H34ClN3O5S/c1-4-16-31-26(20-10-12-21(30)13-11-20)28(35)33-19-22(18-23(33)27(34)32-29(3)14-15-29)39(36,37)25-9-7-6-8-24(25)38-17-5-2/h4-13,22-23,26,31H,1-2,14-19H2,3H3,(H,32,34). The number of nitrogens with zero attached hydrogens (tertiary/aromatic N) is 1. The van der Waals surface area contributed by atoms with Gasteiger partial charge in [-0.3, -0.25) is 14.9 Å². The van der Waals surface area contributed by atoms with Crippen molar-refractivity contribution >= 4 is 33.3 Å². The predicted molar refractivity (Wildman–Crippen MR) is 151 cm³/mol. The molecular formula is C29H34ClN3O5S. The van der Waals surface area contributed by atoms with Crippen LogP contribution in [0.3, 0.4) is 0 Å². The van der Waals surface area contributed by atoms with Crippen LogP contribution < -0.4 is 15.4 Å². The van der Waals surface area contributed by atoms with Crippen molar-refractivity contribution in [2.45, 2.75) is 54.0 Å². The van der Waals surface area contributed by atoms with Crippen LogP contribution >= 0.6 is 11.6 Å². The number of ether oxygens (including phenoxy) is 1. The molecule has 0 spiro atoms. The van der Waals surface area contributed by atoms with Crippen LogP contribution in [0.4, 0.5) is 0 Å². The number of benzene rings is 2. The molecule has 0 bridgehead atoms. The molecule has 3 unspecified atom stereocenters. The summed E-state index contributed by atoms with van der Waals surface area (Å²) in [5, 5.41) is 5.70. The highest BCUT2D eigenvalue weighted by atomic mass is 35.5. The largest absolute Gasteiger partial charge is 0.488 e. The number of hydrogen-bond donors (Lipinski definition) is 2. The summed E-state index contributed by atoms with van der Waals surface area (Å²) in [6, 6.07) is 11.5. The quantitative estimate of drug-likeness (QED) is 0.375. The Labute approximate surface area is 235 Å². The number of halogens is 1. The van der Waals surface area contributed by atoms with Crippen LogP contribution in [-0.2, 0) is 19.4 Å². The number of para-hydroxylation sites is 1. The summed E-state index contributed by atoms with van der Waals surface area (Å²) in [5.74, 6) is -0.537. The van der Waals surface area contributed by atoms with E-state index < -0.39 is 33.1 Å². The fourth-order valence-electron chi connectivity index (χ4n) is 4.71. The molecule has 1 aliphatic heterocycles. The molecule has 208 valence electrons. The third-order valence-electron chi connectivity index (χ3n) is 7.14. The van der Waals surface area contributed by atoms with Gasteiger partial charge in [0.15, 0.2) is 9.84 Å². The van der Waals surface area contributed by atoms with Gasteiger partial charge in [0.25, 0.3) is 0 Å². The zero-order chi connectivity index (χ0) is 28.2. The van der Waals surface area contributed by atoms with Gasteiger partial charge in [-0.25, -0.2) is 8.42 Å². The second-order valence-electron chi connectivity index (χ2n) is 10.2. The van der Waals surface area contributed by atoms with Crippen LogP contribution in [0.2, 0.25) is 5.02 Å². The van der Waals surface area contributed by atoms with Crippen LogP contribution in [0.5, 0.6) is 5.75 Å². The Bertz CT molecular complexity index is 1340. The lowest BCUT2D eigenvalue weighted by molar-refractivity contribution is -0.140. The molecule has 1 saturated carbocycles. The molecule has 4 rings (SSSR count). The summed E-state index contributed by atoms with van der Waals surface area (Å²) in [6.07, 6.45) is 4.81. The average Bonchev–Trinajstić information content (AvgIpc) is 3.46. The van der Waals surface area contributed by atoms with E-state index in [1.54, 1.807) is 48.5 Å². The second kappa shape index (κ2) is 11.9. The van der Waals surface area contributed by atoms with Gasteiger partial charge in [0.05, 0.1) is 5.25 Å². The highest BCUT2D eigenvalue weighted by Crippen LogP contribution is 2.37. The first kappa shape index (κ1) is 28.9. The summed E-state index contributed by atoms with van der Waals surface area (Å²) < 4.78 is 33.4. The van der Waals surface area contributed by atoms with Crippen LogP contribution in [0.1, 0.15) is 37.8 Å². The highest BCUT2D eigenvalue weighted by Gasteiger charge is 2.49. The van der Waals surface area contributed by atoms with Crippen molar-refractivity contribution in [2.24, 2.45) is 0 Å². The van der Waals surface area contributed by atoms with Crippen LogP contribution in [0, 0.1) is 0 Å². The first-order valence-corrected chi connectivity index (χ1v) is 14.8. The topological polar surface area (TPSA) is 105 Å². The smallest absolute Gasteiger partial charge is 0.245 e. The van der Waals surface area contributed by atoms with E-state index in [4.69, 9.17) is 16.3 Å². The number of nitrogens with one attached hydrogen (secondary N) is 2. The lowest BCUT2D eigenvalue weighted by atomic mass is 10.0. The van der Waals surface area contributed by atoms with E-state index in [0.29, 0.717) is 17.1 Å². The zero-order valence-corrected chi connectivity index (χ0v) is 23.5. The van der Waals surface area contributed by atoms with Gasteiger partial charge >= 0.3 is 0 Å². The SMILES string of the molecule is C=CCNC(C(=O)N1CC(S(=O)(=O)c2ccccc2OCC=C)CC1C(=O)NC1(C)CC1)c1ccc(Cl)cc1. The molecule has 2 fully saturated rings. The van der Waals surface area contributed by atoms with Crippen molar-refractivity contribution in [1.29, 1.82) is 0 Å². The maximum atomic E-state index is 14.0. The summed E-state index contributed by atoms with van der Waals surface area (Å²) in [4.78, 5) is 28.9. The van der Waals surface area contributed by atoms with E-state index in [-0.39, 0.29) is 41.7 Å². The first-order valence-electron chi connectivity index (χ1n) is 12.9. The number of rotatable bonds is 12. The van der Waals surface area contributed by atoms with E-state index in [0.717, 1.165) is 12.8 Å². The highest BCUT2D eigenvalue weighted by molar-refractivity contribution is 7.92. The van der Waals surface area contributed by atoms with Gasteiger partial charge in [-0.15, -0.1) is 6.58 Å². The molecule has 2 amide bonds. The van der Waals surface area contributed by atoms with Crippen molar-refractivity contribution in [2.75, 3.05) is 19.7 Å². The van der Waals surface area contributed by atoms with Crippen molar-refractivity contribution in [3.05, 3.63) is 84.4 Å². The Morgan fingerprint density at radius 2 is 1.85 bits per heavy atom. The molecule has 1 heterocycles. The van der Waals surface area contributed by atoms with Gasteiger partial charge in [0.1, 0.15) is 29.3 Å². The molecule has 1 saturated heterocycles. The molecule has 1 aliphatic carbocycles. The molecule has 2 N–H and O–H groups in total. The van der Waals surface area contributed by atoms with E-state index in [1.807, 2.05) is 6.92 Å². The molecule has 10 heteroatoms. The Morgan fingerprint density at radius 3 is 2.49 bits per heavy atom. The number of likely N-dealkylation sites (tertiary alicyclic amines) is 1. The minimum Gasteiger partial charge on any atom is -0.488 e. The minimum absolute atomic E-state index is 0.0264. The van der Waals surface area contributed by atoms with Crippen molar-refractivity contribution in [3.8, 4) is 5.75 Å². The van der Waals surface area contributed by atoms with Gasteiger partial charge < -0.3 is 15.0 Å². The number of carbonyl (C=O) groups is 2. The average molecular weight is 572 g/mol. The molecule has 39 heavy (non-hydrogen) atoms. The van der Waals surface area contributed by atoms with Gasteiger partial charge in [-0.2, -0.15) is 0 Å². The third-order valence-corrected chi connectivity index (χ3v) is 9.56. The normalized spacial score (nSPS) is 20.6.